The fourth-order valence-electron chi connectivity index (χ4n) is 2.52. The molecule has 1 aromatic carbocycles. The van der Waals surface area contributed by atoms with E-state index in [9.17, 15) is 0 Å². The third kappa shape index (κ3) is 2.60. The van der Waals surface area contributed by atoms with Crippen LogP contribution in [0.4, 0.5) is 5.69 Å². The molecule has 0 radical (unpaired) electrons. The molecule has 2 rings (SSSR count). The molecular formula is C14H18ClN3. The van der Waals surface area contributed by atoms with E-state index < -0.39 is 0 Å². The van der Waals surface area contributed by atoms with Gasteiger partial charge in [0.15, 0.2) is 0 Å². The molecule has 1 aliphatic rings. The highest BCUT2D eigenvalue weighted by Gasteiger charge is 2.26. The van der Waals surface area contributed by atoms with Crippen LogP contribution in [-0.4, -0.2) is 19.1 Å². The zero-order chi connectivity index (χ0) is 13.1. The maximum absolute atomic E-state index is 8.86. The lowest BCUT2D eigenvalue weighted by Crippen LogP contribution is -2.44. The summed E-state index contributed by atoms with van der Waals surface area (Å²) in [6.45, 7) is 3.88. The number of rotatable bonds is 2. The molecule has 1 saturated heterocycles. The summed E-state index contributed by atoms with van der Waals surface area (Å²) in [6.07, 6.45) is 2.32. The molecule has 0 amide bonds. The van der Waals surface area contributed by atoms with Gasteiger partial charge in [-0.3, -0.25) is 0 Å². The van der Waals surface area contributed by atoms with E-state index >= 15 is 0 Å². The van der Waals surface area contributed by atoms with Gasteiger partial charge < -0.3 is 10.6 Å². The van der Waals surface area contributed by atoms with Gasteiger partial charge in [-0.05, 0) is 50.4 Å². The first-order chi connectivity index (χ1) is 8.65. The Kier molecular flexibility index (Phi) is 4.11. The van der Waals surface area contributed by atoms with Crippen molar-refractivity contribution in [3.63, 3.8) is 0 Å². The molecule has 1 fully saturated rings. The number of nitrogens with zero attached hydrogens (tertiary/aromatic N) is 2. The highest BCUT2D eigenvalue weighted by atomic mass is 35.5. The van der Waals surface area contributed by atoms with Crippen LogP contribution in [-0.2, 0) is 0 Å². The van der Waals surface area contributed by atoms with Gasteiger partial charge in [-0.1, -0.05) is 11.6 Å². The molecular weight excluding hydrogens is 246 g/mol. The summed E-state index contributed by atoms with van der Waals surface area (Å²) in [5.74, 6) is 0.535. The summed E-state index contributed by atoms with van der Waals surface area (Å²) in [4.78, 5) is 2.31. The zero-order valence-corrected chi connectivity index (χ0v) is 11.3. The van der Waals surface area contributed by atoms with Crippen molar-refractivity contribution in [3.05, 3.63) is 28.8 Å². The van der Waals surface area contributed by atoms with Crippen molar-refractivity contribution in [1.29, 1.82) is 5.26 Å². The second-order valence-corrected chi connectivity index (χ2v) is 5.37. The standard InChI is InChI=1S/C14H18ClN3/c1-10-2-3-12(8-17)9-18(10)14-5-4-11(7-16)6-13(14)15/h4-6,10,12H,2-3,8-9,17H2,1H3. The van der Waals surface area contributed by atoms with Crippen LogP contribution in [0.5, 0.6) is 0 Å². The molecule has 1 aliphatic heterocycles. The SMILES string of the molecule is CC1CCC(CN)CN1c1ccc(C#N)cc1Cl. The van der Waals surface area contributed by atoms with Crippen LogP contribution < -0.4 is 10.6 Å². The van der Waals surface area contributed by atoms with Gasteiger partial charge in [-0.15, -0.1) is 0 Å². The first kappa shape index (κ1) is 13.2. The molecule has 3 nitrogen and oxygen atoms in total. The lowest BCUT2D eigenvalue weighted by atomic mass is 9.93. The van der Waals surface area contributed by atoms with Crippen molar-refractivity contribution in [3.8, 4) is 6.07 Å². The van der Waals surface area contributed by atoms with E-state index in [4.69, 9.17) is 22.6 Å². The van der Waals surface area contributed by atoms with E-state index in [0.29, 0.717) is 22.5 Å². The van der Waals surface area contributed by atoms with Crippen molar-refractivity contribution in [2.75, 3.05) is 18.0 Å². The highest BCUT2D eigenvalue weighted by molar-refractivity contribution is 6.33. The lowest BCUT2D eigenvalue weighted by Gasteiger charge is -2.39. The van der Waals surface area contributed by atoms with Gasteiger partial charge in [-0.2, -0.15) is 5.26 Å². The molecule has 0 aliphatic carbocycles. The highest BCUT2D eigenvalue weighted by Crippen LogP contribution is 2.33. The Hall–Kier alpha value is -1.24. The van der Waals surface area contributed by atoms with Gasteiger partial charge in [0.2, 0.25) is 0 Å². The van der Waals surface area contributed by atoms with Crippen molar-refractivity contribution >= 4 is 17.3 Å². The van der Waals surface area contributed by atoms with Gasteiger partial charge >= 0.3 is 0 Å². The van der Waals surface area contributed by atoms with Crippen LogP contribution in [0.3, 0.4) is 0 Å². The molecule has 2 atom stereocenters. The molecule has 0 aromatic heterocycles. The number of nitrogens with two attached hydrogens (primary N) is 1. The van der Waals surface area contributed by atoms with Crippen molar-refractivity contribution in [1.82, 2.24) is 0 Å². The van der Waals surface area contributed by atoms with Gasteiger partial charge in [0, 0.05) is 12.6 Å². The van der Waals surface area contributed by atoms with Gasteiger partial charge in [0.25, 0.3) is 0 Å². The van der Waals surface area contributed by atoms with E-state index in [1.54, 1.807) is 6.07 Å². The summed E-state index contributed by atoms with van der Waals surface area (Å²) >= 11 is 6.27. The minimum absolute atomic E-state index is 0.471. The molecule has 4 heteroatoms. The van der Waals surface area contributed by atoms with Crippen LogP contribution in [0.2, 0.25) is 5.02 Å². The average Bonchev–Trinajstić information content (AvgIpc) is 2.39. The minimum Gasteiger partial charge on any atom is -0.367 e. The molecule has 96 valence electrons. The zero-order valence-electron chi connectivity index (χ0n) is 10.6. The van der Waals surface area contributed by atoms with Crippen LogP contribution in [0.25, 0.3) is 0 Å². The Balaban J connectivity index is 2.26. The van der Waals surface area contributed by atoms with Crippen molar-refractivity contribution in [2.45, 2.75) is 25.8 Å². The largest absolute Gasteiger partial charge is 0.367 e. The smallest absolute Gasteiger partial charge is 0.0992 e. The summed E-state index contributed by atoms with van der Waals surface area (Å²) in [6, 6.07) is 8.07. The monoisotopic (exact) mass is 263 g/mol. The number of benzene rings is 1. The topological polar surface area (TPSA) is 53.0 Å². The molecule has 1 heterocycles. The van der Waals surface area contributed by atoms with Gasteiger partial charge in [-0.25, -0.2) is 0 Å². The number of halogens is 1. The molecule has 2 N–H and O–H groups in total. The van der Waals surface area contributed by atoms with E-state index in [1.165, 1.54) is 6.42 Å². The quantitative estimate of drug-likeness (QED) is 0.893. The summed E-state index contributed by atoms with van der Waals surface area (Å²) in [5.41, 5.74) is 7.39. The fraction of sp³-hybridized carbons (Fsp3) is 0.500. The summed E-state index contributed by atoms with van der Waals surface area (Å²) < 4.78 is 0. The summed E-state index contributed by atoms with van der Waals surface area (Å²) in [5, 5.41) is 9.51. The predicted octanol–water partition coefficient (Wildman–Crippen LogP) is 2.78. The summed E-state index contributed by atoms with van der Waals surface area (Å²) in [7, 11) is 0. The average molecular weight is 264 g/mol. The fourth-order valence-corrected chi connectivity index (χ4v) is 2.81. The van der Waals surface area contributed by atoms with Gasteiger partial charge in [0.05, 0.1) is 22.3 Å². The van der Waals surface area contributed by atoms with E-state index in [-0.39, 0.29) is 0 Å². The second-order valence-electron chi connectivity index (χ2n) is 4.96. The van der Waals surface area contributed by atoms with E-state index in [2.05, 4.69) is 17.9 Å². The number of piperidine rings is 1. The van der Waals surface area contributed by atoms with Crippen LogP contribution in [0, 0.1) is 17.2 Å². The third-order valence-electron chi connectivity index (χ3n) is 3.70. The maximum atomic E-state index is 8.86. The lowest BCUT2D eigenvalue weighted by molar-refractivity contribution is 0.374. The maximum Gasteiger partial charge on any atom is 0.0992 e. The molecule has 0 saturated carbocycles. The van der Waals surface area contributed by atoms with Crippen LogP contribution in [0.15, 0.2) is 18.2 Å². The number of anilines is 1. The van der Waals surface area contributed by atoms with Crippen molar-refractivity contribution in [2.24, 2.45) is 11.7 Å². The van der Waals surface area contributed by atoms with Crippen LogP contribution in [0.1, 0.15) is 25.3 Å². The predicted molar refractivity (Wildman–Crippen MR) is 74.8 cm³/mol. The van der Waals surface area contributed by atoms with E-state index in [1.807, 2.05) is 12.1 Å². The number of nitriles is 1. The molecule has 2 unspecified atom stereocenters. The molecule has 18 heavy (non-hydrogen) atoms. The number of hydrogen-bond acceptors (Lipinski definition) is 3. The minimum atomic E-state index is 0.471. The Morgan fingerprint density at radius 3 is 2.89 bits per heavy atom. The number of hydrogen-bond donors (Lipinski definition) is 1. The molecule has 0 bridgehead atoms. The first-order valence-corrected chi connectivity index (χ1v) is 6.70. The Morgan fingerprint density at radius 1 is 1.50 bits per heavy atom. The Morgan fingerprint density at radius 2 is 2.28 bits per heavy atom. The Labute approximate surface area is 113 Å². The molecule has 0 spiro atoms. The first-order valence-electron chi connectivity index (χ1n) is 6.32. The third-order valence-corrected chi connectivity index (χ3v) is 4.00. The van der Waals surface area contributed by atoms with Crippen molar-refractivity contribution < 1.29 is 0 Å². The normalized spacial score (nSPS) is 23.8. The second kappa shape index (κ2) is 5.60. The van der Waals surface area contributed by atoms with Crippen LogP contribution >= 0.6 is 11.6 Å². The van der Waals surface area contributed by atoms with E-state index in [0.717, 1.165) is 25.2 Å². The van der Waals surface area contributed by atoms with Gasteiger partial charge in [0.1, 0.15) is 0 Å². The molecule has 1 aromatic rings. The Bertz CT molecular complexity index is 467.